The zero-order valence-corrected chi connectivity index (χ0v) is 20.1. The molecule has 0 saturated heterocycles. The quantitative estimate of drug-likeness (QED) is 0.338. The molecule has 0 unspecified atom stereocenters. The normalized spacial score (nSPS) is 10.5. The lowest BCUT2D eigenvalue weighted by atomic mass is 10.1. The highest BCUT2D eigenvalue weighted by atomic mass is 32.2. The van der Waals surface area contributed by atoms with E-state index in [1.54, 1.807) is 24.4 Å². The molecule has 1 aromatic carbocycles. The van der Waals surface area contributed by atoms with Crippen molar-refractivity contribution >= 4 is 21.3 Å². The van der Waals surface area contributed by atoms with Crippen LogP contribution < -0.4 is 16.4 Å². The van der Waals surface area contributed by atoms with Crippen LogP contribution in [0.1, 0.15) is 37.0 Å². The van der Waals surface area contributed by atoms with Crippen molar-refractivity contribution in [3.63, 3.8) is 0 Å². The molecule has 2 aromatic rings. The number of allylic oxidation sites excluding steroid dienone is 3. The van der Waals surface area contributed by atoms with Crippen molar-refractivity contribution in [1.29, 1.82) is 0 Å². The third kappa shape index (κ3) is 13.3. The molecule has 0 fully saturated rings. The Balaban J connectivity index is -0.000000400. The maximum absolute atomic E-state index is 11.4. The molecule has 7 heteroatoms. The van der Waals surface area contributed by atoms with Gasteiger partial charge in [-0.15, -0.1) is 0 Å². The fraction of sp³-hybridized carbons (Fsp3) is 0.375. The van der Waals surface area contributed by atoms with Crippen LogP contribution in [0.3, 0.4) is 0 Å². The number of sulfone groups is 1. The number of nitrogens with zero attached hydrogens (tertiary/aromatic N) is 1. The molecular formula is C24H44N4O2S. The van der Waals surface area contributed by atoms with E-state index in [1.165, 1.54) is 6.26 Å². The molecule has 31 heavy (non-hydrogen) atoms. The van der Waals surface area contributed by atoms with Crippen LogP contribution in [0.2, 0.25) is 0 Å². The number of hydrogen-bond acceptors (Lipinski definition) is 6. The first-order chi connectivity index (χ1) is 14.9. The number of nitrogens with two attached hydrogens (primary N) is 1. The minimum atomic E-state index is -3.12. The van der Waals surface area contributed by atoms with Gasteiger partial charge in [0.25, 0.3) is 0 Å². The Bertz CT molecular complexity index is 878. The predicted octanol–water partition coefficient (Wildman–Crippen LogP) is 5.21. The zero-order valence-electron chi connectivity index (χ0n) is 19.3. The summed E-state index contributed by atoms with van der Waals surface area (Å²) in [4.78, 5) is 4.39. The molecule has 0 aliphatic rings. The van der Waals surface area contributed by atoms with Crippen molar-refractivity contribution in [2.45, 2.75) is 38.5 Å². The molecule has 4 N–H and O–H groups in total. The standard InChI is InChI=1S/C17H24N4O2S.C5H8.C2H6.3H2/c1-24(22,23)15-7-5-14(6-8-15)9-13-19-10-3-12-20-16-4-2-11-21-17(16)18;1-3-5-4-2;1-2;;;/h2,4-8,11,19-20H,3,9-10,12-13H2,1H3,(H2,18,21);3-5H,1H2,2H3;1-2H3;3*1H/b;5-4-;;;;. The van der Waals surface area contributed by atoms with Gasteiger partial charge >= 0.3 is 0 Å². The molecule has 0 radical (unpaired) electrons. The molecule has 0 aliphatic heterocycles. The van der Waals surface area contributed by atoms with Gasteiger partial charge in [0.1, 0.15) is 5.82 Å². The lowest BCUT2D eigenvalue weighted by molar-refractivity contribution is 0.602. The van der Waals surface area contributed by atoms with Gasteiger partial charge in [0.05, 0.1) is 10.6 Å². The largest absolute Gasteiger partial charge is 0.382 e. The van der Waals surface area contributed by atoms with Crippen LogP contribution in [0.4, 0.5) is 11.5 Å². The molecule has 0 aliphatic carbocycles. The van der Waals surface area contributed by atoms with E-state index in [-0.39, 0.29) is 4.28 Å². The Hall–Kier alpha value is -2.64. The number of nitrogens with one attached hydrogen (secondary N) is 2. The van der Waals surface area contributed by atoms with Crippen LogP contribution >= 0.6 is 0 Å². The molecule has 0 bridgehead atoms. The van der Waals surface area contributed by atoms with Gasteiger partial charge in [-0.05, 0) is 62.7 Å². The van der Waals surface area contributed by atoms with Gasteiger partial charge in [-0.3, -0.25) is 0 Å². The molecule has 6 nitrogen and oxygen atoms in total. The van der Waals surface area contributed by atoms with E-state index in [9.17, 15) is 8.42 Å². The van der Waals surface area contributed by atoms with Crippen molar-refractivity contribution in [2.75, 3.05) is 36.9 Å². The molecule has 0 saturated carbocycles. The van der Waals surface area contributed by atoms with E-state index >= 15 is 0 Å². The second kappa shape index (κ2) is 17.1. The fourth-order valence-corrected chi connectivity index (χ4v) is 3.03. The summed E-state index contributed by atoms with van der Waals surface area (Å²) in [5, 5.41) is 6.63. The highest BCUT2D eigenvalue weighted by Crippen LogP contribution is 2.13. The van der Waals surface area contributed by atoms with Gasteiger partial charge in [-0.2, -0.15) is 0 Å². The summed E-state index contributed by atoms with van der Waals surface area (Å²) >= 11 is 0. The van der Waals surface area contributed by atoms with E-state index in [0.717, 1.165) is 43.7 Å². The summed E-state index contributed by atoms with van der Waals surface area (Å²) in [6.07, 6.45) is 10.3. The topological polar surface area (TPSA) is 97.1 Å². The SMILES string of the molecule is C=C/C=C\C.CC.CS(=O)(=O)c1ccc(CCNCCCNc2cccnc2N)cc1.[HH].[HH].[HH]. The molecule has 0 spiro atoms. The molecule has 178 valence electrons. The van der Waals surface area contributed by atoms with Crippen LogP contribution in [0.25, 0.3) is 0 Å². The monoisotopic (exact) mass is 452 g/mol. The average Bonchev–Trinajstić information content (AvgIpc) is 2.76. The molecule has 1 aromatic heterocycles. The number of nitrogen functional groups attached to an aromatic ring is 1. The van der Waals surface area contributed by atoms with Gasteiger partial charge in [-0.1, -0.05) is 50.8 Å². The van der Waals surface area contributed by atoms with Crippen molar-refractivity contribution in [1.82, 2.24) is 10.3 Å². The maximum atomic E-state index is 11.4. The Morgan fingerprint density at radius 3 is 2.32 bits per heavy atom. The van der Waals surface area contributed by atoms with Gasteiger partial charge in [0.15, 0.2) is 9.84 Å². The summed E-state index contributed by atoms with van der Waals surface area (Å²) in [7, 11) is -3.12. The van der Waals surface area contributed by atoms with Crippen LogP contribution in [0.15, 0.2) is 72.3 Å². The first kappa shape index (κ1) is 28.4. The van der Waals surface area contributed by atoms with Crippen molar-refractivity contribution in [2.24, 2.45) is 0 Å². The number of hydrogen-bond donors (Lipinski definition) is 3. The minimum absolute atomic E-state index is 0. The molecule has 0 atom stereocenters. The Morgan fingerprint density at radius 1 is 1.13 bits per heavy atom. The summed E-state index contributed by atoms with van der Waals surface area (Å²) in [5.74, 6) is 0.517. The Kier molecular flexibility index (Phi) is 15.6. The lowest BCUT2D eigenvalue weighted by Crippen LogP contribution is -2.20. The van der Waals surface area contributed by atoms with E-state index in [0.29, 0.717) is 10.7 Å². The van der Waals surface area contributed by atoms with Gasteiger partial charge in [-0.25, -0.2) is 13.4 Å². The van der Waals surface area contributed by atoms with Gasteiger partial charge in [0.2, 0.25) is 0 Å². The number of aromatic nitrogens is 1. The smallest absolute Gasteiger partial charge is 0.175 e. The van der Waals surface area contributed by atoms with E-state index < -0.39 is 9.84 Å². The number of benzene rings is 1. The zero-order chi connectivity index (χ0) is 23.5. The highest BCUT2D eigenvalue weighted by molar-refractivity contribution is 7.90. The van der Waals surface area contributed by atoms with E-state index in [2.05, 4.69) is 22.2 Å². The highest BCUT2D eigenvalue weighted by Gasteiger charge is 2.05. The second-order valence-corrected chi connectivity index (χ2v) is 8.41. The minimum Gasteiger partial charge on any atom is -0.382 e. The van der Waals surface area contributed by atoms with Crippen molar-refractivity contribution < 1.29 is 12.7 Å². The molecular weight excluding hydrogens is 408 g/mol. The van der Waals surface area contributed by atoms with Crippen molar-refractivity contribution in [3.05, 3.63) is 73.0 Å². The van der Waals surface area contributed by atoms with E-state index in [4.69, 9.17) is 5.73 Å². The summed E-state index contributed by atoms with van der Waals surface area (Å²) < 4.78 is 22.8. The third-order valence-corrected chi connectivity index (χ3v) is 5.08. The molecule has 0 amide bonds. The first-order valence-corrected chi connectivity index (χ1v) is 12.5. The molecule has 1 heterocycles. The number of anilines is 2. The number of pyridine rings is 1. The maximum Gasteiger partial charge on any atom is 0.175 e. The Labute approximate surface area is 193 Å². The molecule has 2 rings (SSSR count). The average molecular weight is 453 g/mol. The van der Waals surface area contributed by atoms with Gasteiger partial charge in [0, 0.05) is 23.3 Å². The van der Waals surface area contributed by atoms with Crippen LogP contribution in [-0.4, -0.2) is 39.3 Å². The van der Waals surface area contributed by atoms with E-state index in [1.807, 2.05) is 57.2 Å². The van der Waals surface area contributed by atoms with Crippen LogP contribution in [0.5, 0.6) is 0 Å². The summed E-state index contributed by atoms with van der Waals surface area (Å²) in [6.45, 7) is 12.0. The van der Waals surface area contributed by atoms with Crippen molar-refractivity contribution in [3.8, 4) is 0 Å². The second-order valence-electron chi connectivity index (χ2n) is 6.39. The first-order valence-electron chi connectivity index (χ1n) is 10.6. The summed E-state index contributed by atoms with van der Waals surface area (Å²) in [6, 6.07) is 10.8. The number of rotatable bonds is 10. The predicted molar refractivity (Wildman–Crippen MR) is 141 cm³/mol. The lowest BCUT2D eigenvalue weighted by Gasteiger charge is -2.09. The third-order valence-electron chi connectivity index (χ3n) is 3.95. The van der Waals surface area contributed by atoms with Gasteiger partial charge < -0.3 is 16.4 Å². The van der Waals surface area contributed by atoms with Crippen LogP contribution in [0, 0.1) is 0 Å². The van der Waals surface area contributed by atoms with Crippen LogP contribution in [-0.2, 0) is 16.3 Å². The summed E-state index contributed by atoms with van der Waals surface area (Å²) in [5.41, 5.74) is 7.74. The fourth-order valence-electron chi connectivity index (χ4n) is 2.40. The Morgan fingerprint density at radius 2 is 1.81 bits per heavy atom.